The van der Waals surface area contributed by atoms with E-state index in [2.05, 4.69) is 28.9 Å². The van der Waals surface area contributed by atoms with Gasteiger partial charge in [0.25, 0.3) is 5.69 Å². The average Bonchev–Trinajstić information content (AvgIpc) is 3.13. The van der Waals surface area contributed by atoms with E-state index in [1.807, 2.05) is 6.92 Å². The Hall–Kier alpha value is -3.54. The molecule has 1 heterocycles. The van der Waals surface area contributed by atoms with Gasteiger partial charge in [-0.2, -0.15) is 8.78 Å². The molecule has 0 bridgehead atoms. The van der Waals surface area contributed by atoms with E-state index in [0.717, 1.165) is 24.6 Å². The van der Waals surface area contributed by atoms with Crippen LogP contribution in [0.4, 0.5) is 25.8 Å². The quantitative estimate of drug-likeness (QED) is 0.261. The Bertz CT molecular complexity index is 1210. The summed E-state index contributed by atoms with van der Waals surface area (Å²) in [5, 5.41) is 13.6. The van der Waals surface area contributed by atoms with Crippen LogP contribution in [0.25, 0.3) is 0 Å². The molecule has 2 aromatic rings. The van der Waals surface area contributed by atoms with Crippen LogP contribution in [-0.2, 0) is 9.59 Å². The molecule has 0 saturated carbocycles. The van der Waals surface area contributed by atoms with E-state index in [-0.39, 0.29) is 35.5 Å². The maximum atomic E-state index is 13.4. The molecule has 9 nitrogen and oxygen atoms in total. The average molecular weight is 549 g/mol. The van der Waals surface area contributed by atoms with E-state index in [0.29, 0.717) is 22.3 Å². The molecule has 1 aliphatic rings. The zero-order chi connectivity index (χ0) is 28.0. The summed E-state index contributed by atoms with van der Waals surface area (Å²) in [7, 11) is 0. The highest BCUT2D eigenvalue weighted by atomic mass is 32.2. The molecular weight excluding hydrogens is 518 g/mol. The Balaban J connectivity index is 1.81. The summed E-state index contributed by atoms with van der Waals surface area (Å²) in [6.07, 6.45) is 1.39. The number of nitrogens with zero attached hydrogens (tertiary/aromatic N) is 3. The van der Waals surface area contributed by atoms with Crippen LogP contribution in [0, 0.1) is 23.0 Å². The molecule has 0 unspecified atom stereocenters. The summed E-state index contributed by atoms with van der Waals surface area (Å²) in [6, 6.07) is 10.0. The zero-order valence-corrected chi connectivity index (χ0v) is 22.3. The van der Waals surface area contributed by atoms with Gasteiger partial charge in [0.1, 0.15) is 16.7 Å². The summed E-state index contributed by atoms with van der Waals surface area (Å²) >= 11 is 1.13. The molecule has 2 aromatic carbocycles. The fourth-order valence-corrected chi connectivity index (χ4v) is 5.13. The molecule has 0 radical (unpaired) electrons. The third-order valence-electron chi connectivity index (χ3n) is 5.85. The van der Waals surface area contributed by atoms with E-state index in [1.54, 1.807) is 17.9 Å². The van der Waals surface area contributed by atoms with Crippen LogP contribution in [0.1, 0.15) is 45.6 Å². The number of carbonyl (C=O) groups is 2. The number of nitro groups is 1. The van der Waals surface area contributed by atoms with Crippen molar-refractivity contribution in [2.45, 2.75) is 64.9 Å². The van der Waals surface area contributed by atoms with Crippen LogP contribution < -0.4 is 10.1 Å². The van der Waals surface area contributed by atoms with E-state index < -0.39 is 22.7 Å². The SMILES string of the molecule is Cc1ccc(NC(=O)C[C@H]2SC(=Nc3ccc(OC(F)F)cc3)N([C@H](C)CCC(C)C)C2=O)c([N+](=O)[O-])c1. The van der Waals surface area contributed by atoms with Gasteiger partial charge >= 0.3 is 6.61 Å². The Morgan fingerprint density at radius 1 is 1.18 bits per heavy atom. The fourth-order valence-electron chi connectivity index (χ4n) is 3.88. The van der Waals surface area contributed by atoms with Gasteiger partial charge in [-0.1, -0.05) is 31.7 Å². The van der Waals surface area contributed by atoms with Crippen molar-refractivity contribution in [3.63, 3.8) is 0 Å². The molecule has 12 heteroatoms. The summed E-state index contributed by atoms with van der Waals surface area (Å²) in [5.74, 6) is -0.401. The maximum Gasteiger partial charge on any atom is 0.387 e. The van der Waals surface area contributed by atoms with Crippen molar-refractivity contribution < 1.29 is 28.0 Å². The monoisotopic (exact) mass is 548 g/mol. The molecule has 2 atom stereocenters. The molecule has 1 aliphatic heterocycles. The van der Waals surface area contributed by atoms with E-state index in [1.165, 1.54) is 36.4 Å². The lowest BCUT2D eigenvalue weighted by Gasteiger charge is -2.25. The third kappa shape index (κ3) is 7.73. The highest BCUT2D eigenvalue weighted by molar-refractivity contribution is 8.15. The number of nitro benzene ring substituents is 1. The standard InChI is InChI=1S/C26H30F2N4O5S/c1-15(2)5-7-17(4)31-24(34)22(14-23(33)30-20-12-6-16(3)13-21(20)32(35)36)38-26(31)29-18-8-10-19(11-9-18)37-25(27)28/h6,8-13,15,17,22,25H,5,7,14H2,1-4H3,(H,30,33)/t17-,22-/m1/s1. The molecule has 2 amide bonds. The minimum absolute atomic E-state index is 0.0130. The van der Waals surface area contributed by atoms with Crippen molar-refractivity contribution in [2.24, 2.45) is 10.9 Å². The van der Waals surface area contributed by atoms with Crippen molar-refractivity contribution in [3.8, 4) is 5.75 Å². The fraction of sp³-hybridized carbons (Fsp3) is 0.423. The molecule has 1 N–H and O–H groups in total. The van der Waals surface area contributed by atoms with Crippen LogP contribution >= 0.6 is 11.8 Å². The number of benzene rings is 2. The summed E-state index contributed by atoms with van der Waals surface area (Å²) in [4.78, 5) is 43.2. The first kappa shape index (κ1) is 29.0. The van der Waals surface area contributed by atoms with Gasteiger partial charge in [-0.3, -0.25) is 24.6 Å². The number of alkyl halides is 2. The van der Waals surface area contributed by atoms with Gasteiger partial charge in [0, 0.05) is 18.5 Å². The van der Waals surface area contributed by atoms with Gasteiger partial charge in [-0.05, 0) is 68.5 Å². The topological polar surface area (TPSA) is 114 Å². The summed E-state index contributed by atoms with van der Waals surface area (Å²) in [5.41, 5.74) is 0.942. The number of aryl methyl sites for hydroxylation is 1. The van der Waals surface area contributed by atoms with Crippen molar-refractivity contribution in [1.82, 2.24) is 4.90 Å². The number of carbonyl (C=O) groups excluding carboxylic acids is 2. The lowest BCUT2D eigenvalue weighted by atomic mass is 10.0. The number of aliphatic imine (C=N–C) groups is 1. The Morgan fingerprint density at radius 3 is 2.47 bits per heavy atom. The highest BCUT2D eigenvalue weighted by Gasteiger charge is 2.41. The van der Waals surface area contributed by atoms with Crippen LogP contribution in [0.5, 0.6) is 5.75 Å². The Kier molecular flexibility index (Phi) is 9.78. The number of thioether (sulfide) groups is 1. The minimum Gasteiger partial charge on any atom is -0.435 e. The molecule has 204 valence electrons. The Labute approximate surface area is 223 Å². The summed E-state index contributed by atoms with van der Waals surface area (Å²) in [6.45, 7) is 4.85. The zero-order valence-electron chi connectivity index (χ0n) is 21.5. The van der Waals surface area contributed by atoms with Crippen LogP contribution in [0.3, 0.4) is 0 Å². The number of hydrogen-bond acceptors (Lipinski definition) is 7. The number of anilines is 1. The second kappa shape index (κ2) is 12.8. The van der Waals surface area contributed by atoms with E-state index >= 15 is 0 Å². The first-order chi connectivity index (χ1) is 17.9. The molecular formula is C26H30F2N4O5S. The number of ether oxygens (including phenoxy) is 1. The molecule has 1 saturated heterocycles. The normalized spacial score (nSPS) is 17.4. The molecule has 0 aliphatic carbocycles. The van der Waals surface area contributed by atoms with Crippen LogP contribution in [0.2, 0.25) is 0 Å². The van der Waals surface area contributed by atoms with Gasteiger partial charge < -0.3 is 10.1 Å². The summed E-state index contributed by atoms with van der Waals surface area (Å²) < 4.78 is 29.3. The predicted octanol–water partition coefficient (Wildman–Crippen LogP) is 6.29. The first-order valence-corrected chi connectivity index (χ1v) is 13.0. The van der Waals surface area contributed by atoms with Gasteiger partial charge in [0.05, 0.1) is 10.6 Å². The number of amides is 2. The lowest BCUT2D eigenvalue weighted by Crippen LogP contribution is -2.40. The van der Waals surface area contributed by atoms with E-state index in [4.69, 9.17) is 0 Å². The number of halogens is 2. The van der Waals surface area contributed by atoms with Crippen LogP contribution in [-0.4, -0.2) is 44.7 Å². The van der Waals surface area contributed by atoms with Crippen molar-refractivity contribution in [1.29, 1.82) is 0 Å². The highest BCUT2D eigenvalue weighted by Crippen LogP contribution is 2.35. The van der Waals surface area contributed by atoms with Crippen molar-refractivity contribution >= 4 is 45.8 Å². The number of hydrogen-bond donors (Lipinski definition) is 1. The van der Waals surface area contributed by atoms with Crippen molar-refractivity contribution in [2.75, 3.05) is 5.32 Å². The predicted molar refractivity (Wildman–Crippen MR) is 143 cm³/mol. The minimum atomic E-state index is -2.94. The Morgan fingerprint density at radius 2 is 1.87 bits per heavy atom. The largest absolute Gasteiger partial charge is 0.435 e. The van der Waals surface area contributed by atoms with E-state index in [9.17, 15) is 28.5 Å². The smallest absolute Gasteiger partial charge is 0.387 e. The molecule has 0 spiro atoms. The van der Waals surface area contributed by atoms with Gasteiger partial charge in [-0.15, -0.1) is 0 Å². The number of nitrogens with one attached hydrogen (secondary N) is 1. The van der Waals surface area contributed by atoms with Gasteiger partial charge in [-0.25, -0.2) is 4.99 Å². The first-order valence-electron chi connectivity index (χ1n) is 12.1. The number of amidine groups is 1. The van der Waals surface area contributed by atoms with Gasteiger partial charge in [0.2, 0.25) is 11.8 Å². The number of rotatable bonds is 11. The molecule has 0 aromatic heterocycles. The molecule has 3 rings (SSSR count). The lowest BCUT2D eigenvalue weighted by molar-refractivity contribution is -0.384. The maximum absolute atomic E-state index is 13.4. The van der Waals surface area contributed by atoms with Crippen molar-refractivity contribution in [3.05, 3.63) is 58.1 Å². The van der Waals surface area contributed by atoms with Gasteiger partial charge in [0.15, 0.2) is 5.17 Å². The molecule has 1 fully saturated rings. The second-order valence-corrected chi connectivity index (χ2v) is 10.6. The third-order valence-corrected chi connectivity index (χ3v) is 7.00. The second-order valence-electron chi connectivity index (χ2n) is 9.43. The molecule has 38 heavy (non-hydrogen) atoms. The van der Waals surface area contributed by atoms with Crippen LogP contribution in [0.15, 0.2) is 47.5 Å².